The number of hydrogen-bond acceptors (Lipinski definition) is 2. The second-order valence-corrected chi connectivity index (χ2v) is 5.41. The maximum atomic E-state index is 12.2. The van der Waals surface area contributed by atoms with Crippen LogP contribution in [0.2, 0.25) is 0 Å². The Labute approximate surface area is 121 Å². The Balaban J connectivity index is 0.00000144. The highest BCUT2D eigenvalue weighted by Gasteiger charge is 2.22. The van der Waals surface area contributed by atoms with E-state index in [1.165, 1.54) is 0 Å². The molecule has 0 bridgehead atoms. The molecule has 2 N–H and O–H groups in total. The van der Waals surface area contributed by atoms with E-state index in [9.17, 15) is 4.79 Å². The molecule has 0 spiro atoms. The minimum Gasteiger partial charge on any atom is -0.337 e. The zero-order valence-electron chi connectivity index (χ0n) is 9.43. The van der Waals surface area contributed by atoms with Gasteiger partial charge in [0.1, 0.15) is 0 Å². The average molecular weight is 367 g/mol. The molecule has 1 saturated heterocycles. The quantitative estimate of drug-likeness (QED) is 0.775. The van der Waals surface area contributed by atoms with E-state index in [0.29, 0.717) is 6.54 Å². The van der Waals surface area contributed by atoms with Crippen molar-refractivity contribution < 1.29 is 4.79 Å². The molecule has 1 amide bonds. The number of hydrogen-bond donors (Lipinski definition) is 1. The molecule has 0 unspecified atom stereocenters. The molecule has 0 radical (unpaired) electrons. The van der Waals surface area contributed by atoms with E-state index in [1.807, 2.05) is 29.2 Å². The number of carbonyl (C=O) groups is 1. The summed E-state index contributed by atoms with van der Waals surface area (Å²) in [4.78, 5) is 14.0. The van der Waals surface area contributed by atoms with Crippen LogP contribution in [-0.2, 0) is 0 Å². The van der Waals surface area contributed by atoms with E-state index in [1.54, 1.807) is 0 Å². The van der Waals surface area contributed by atoms with Gasteiger partial charge in [-0.05, 0) is 53.6 Å². The molecule has 0 aliphatic carbocycles. The zero-order valence-corrected chi connectivity index (χ0v) is 12.4. The Hall–Kier alpha value is -0.330. The lowest BCUT2D eigenvalue weighted by Crippen LogP contribution is -2.45. The Morgan fingerprint density at radius 1 is 1.47 bits per heavy atom. The molecule has 1 aromatic carbocycles. The van der Waals surface area contributed by atoms with Gasteiger partial charge in [0, 0.05) is 28.3 Å². The van der Waals surface area contributed by atoms with Crippen LogP contribution in [0, 0.1) is 3.57 Å². The van der Waals surface area contributed by atoms with Crippen LogP contribution in [0.4, 0.5) is 0 Å². The van der Waals surface area contributed by atoms with Crippen LogP contribution in [-0.4, -0.2) is 29.9 Å². The van der Waals surface area contributed by atoms with Gasteiger partial charge in [-0.3, -0.25) is 4.79 Å². The first-order chi connectivity index (χ1) is 7.66. The Bertz CT molecular complexity index is 400. The molecule has 94 valence electrons. The maximum Gasteiger partial charge on any atom is 0.253 e. The van der Waals surface area contributed by atoms with Gasteiger partial charge in [0.2, 0.25) is 0 Å². The number of likely N-dealkylation sites (tertiary alicyclic amines) is 1. The summed E-state index contributed by atoms with van der Waals surface area (Å²) < 4.78 is 1.09. The number of halogens is 2. The van der Waals surface area contributed by atoms with Crippen molar-refractivity contribution >= 4 is 40.9 Å². The summed E-state index contributed by atoms with van der Waals surface area (Å²) in [5.41, 5.74) is 6.64. The fourth-order valence-corrected chi connectivity index (χ4v) is 2.54. The number of benzene rings is 1. The molecule has 17 heavy (non-hydrogen) atoms. The predicted octanol–water partition coefficient (Wildman–Crippen LogP) is 2.28. The lowest BCUT2D eigenvalue weighted by atomic mass is 10.1. The largest absolute Gasteiger partial charge is 0.337 e. The molecule has 1 atom stereocenters. The van der Waals surface area contributed by atoms with Crippen LogP contribution >= 0.6 is 35.0 Å². The van der Waals surface area contributed by atoms with Gasteiger partial charge in [-0.2, -0.15) is 0 Å². The van der Waals surface area contributed by atoms with E-state index in [0.717, 1.165) is 28.5 Å². The SMILES string of the molecule is Cl.N[C@H]1CCCN(C(=O)c2cccc(I)c2)C1. The molecule has 1 aliphatic rings. The van der Waals surface area contributed by atoms with Crippen molar-refractivity contribution in [2.75, 3.05) is 13.1 Å². The summed E-state index contributed by atoms with van der Waals surface area (Å²) in [6.07, 6.45) is 2.03. The van der Waals surface area contributed by atoms with E-state index >= 15 is 0 Å². The highest BCUT2D eigenvalue weighted by Crippen LogP contribution is 2.14. The first-order valence-electron chi connectivity index (χ1n) is 5.47. The van der Waals surface area contributed by atoms with Crippen LogP contribution in [0.15, 0.2) is 24.3 Å². The Morgan fingerprint density at radius 3 is 2.88 bits per heavy atom. The van der Waals surface area contributed by atoms with Gasteiger partial charge in [0.15, 0.2) is 0 Å². The van der Waals surface area contributed by atoms with Crippen molar-refractivity contribution in [3.05, 3.63) is 33.4 Å². The van der Waals surface area contributed by atoms with Crippen molar-refractivity contribution in [2.24, 2.45) is 5.73 Å². The standard InChI is InChI=1S/C12H15IN2O.ClH/c13-10-4-1-3-9(7-10)12(16)15-6-2-5-11(14)8-15;/h1,3-4,7,11H,2,5-6,8,14H2;1H/t11-;/m0./s1. The first-order valence-corrected chi connectivity index (χ1v) is 6.55. The van der Waals surface area contributed by atoms with Crippen molar-refractivity contribution in [2.45, 2.75) is 18.9 Å². The van der Waals surface area contributed by atoms with E-state index < -0.39 is 0 Å². The fraction of sp³-hybridized carbons (Fsp3) is 0.417. The van der Waals surface area contributed by atoms with Crippen molar-refractivity contribution in [1.82, 2.24) is 4.90 Å². The topological polar surface area (TPSA) is 46.3 Å². The monoisotopic (exact) mass is 366 g/mol. The molecule has 1 aromatic rings. The number of carbonyl (C=O) groups excluding carboxylic acids is 1. The molecule has 0 aromatic heterocycles. The van der Waals surface area contributed by atoms with Crippen LogP contribution in [0.25, 0.3) is 0 Å². The highest BCUT2D eigenvalue weighted by atomic mass is 127. The van der Waals surface area contributed by atoms with Crippen molar-refractivity contribution in [1.29, 1.82) is 0 Å². The third-order valence-electron chi connectivity index (χ3n) is 2.82. The van der Waals surface area contributed by atoms with Gasteiger partial charge in [-0.25, -0.2) is 0 Å². The summed E-state index contributed by atoms with van der Waals surface area (Å²) in [6, 6.07) is 7.83. The predicted molar refractivity (Wildman–Crippen MR) is 79.5 cm³/mol. The first kappa shape index (κ1) is 14.7. The van der Waals surface area contributed by atoms with Gasteiger partial charge in [0.05, 0.1) is 0 Å². The summed E-state index contributed by atoms with van der Waals surface area (Å²) in [6.45, 7) is 1.52. The van der Waals surface area contributed by atoms with Crippen LogP contribution in [0.1, 0.15) is 23.2 Å². The molecule has 5 heteroatoms. The smallest absolute Gasteiger partial charge is 0.253 e. The summed E-state index contributed by atoms with van der Waals surface area (Å²) in [5.74, 6) is 0.105. The third kappa shape index (κ3) is 3.82. The van der Waals surface area contributed by atoms with Crippen LogP contribution in [0.3, 0.4) is 0 Å². The van der Waals surface area contributed by atoms with Gasteiger partial charge < -0.3 is 10.6 Å². The Morgan fingerprint density at radius 2 is 2.24 bits per heavy atom. The summed E-state index contributed by atoms with van der Waals surface area (Å²) in [7, 11) is 0. The van der Waals surface area contributed by atoms with E-state index in [-0.39, 0.29) is 24.4 Å². The number of piperidine rings is 1. The molecular formula is C12H16ClIN2O. The second-order valence-electron chi connectivity index (χ2n) is 4.16. The number of amides is 1. The van der Waals surface area contributed by atoms with Crippen molar-refractivity contribution in [3.63, 3.8) is 0 Å². The zero-order chi connectivity index (χ0) is 11.5. The van der Waals surface area contributed by atoms with Crippen LogP contribution in [0.5, 0.6) is 0 Å². The highest BCUT2D eigenvalue weighted by molar-refractivity contribution is 14.1. The molecule has 2 rings (SSSR count). The normalized spacial score (nSPS) is 19.6. The average Bonchev–Trinajstić information content (AvgIpc) is 2.28. The van der Waals surface area contributed by atoms with Crippen LogP contribution < -0.4 is 5.73 Å². The second kappa shape index (κ2) is 6.56. The molecule has 1 aliphatic heterocycles. The summed E-state index contributed by atoms with van der Waals surface area (Å²) >= 11 is 2.22. The number of rotatable bonds is 1. The fourth-order valence-electron chi connectivity index (χ4n) is 2.00. The number of nitrogens with zero attached hydrogens (tertiary/aromatic N) is 1. The van der Waals surface area contributed by atoms with Crippen molar-refractivity contribution in [3.8, 4) is 0 Å². The third-order valence-corrected chi connectivity index (χ3v) is 3.49. The lowest BCUT2D eigenvalue weighted by molar-refractivity contribution is 0.0709. The molecule has 0 saturated carbocycles. The molecule has 1 heterocycles. The molecule has 1 fully saturated rings. The van der Waals surface area contributed by atoms with Gasteiger partial charge in [0.25, 0.3) is 5.91 Å². The van der Waals surface area contributed by atoms with Gasteiger partial charge in [-0.15, -0.1) is 12.4 Å². The van der Waals surface area contributed by atoms with E-state index in [4.69, 9.17) is 5.73 Å². The number of nitrogens with two attached hydrogens (primary N) is 1. The Kier molecular flexibility index (Phi) is 5.69. The maximum absolute atomic E-state index is 12.2. The minimum atomic E-state index is 0. The van der Waals surface area contributed by atoms with Gasteiger partial charge in [-0.1, -0.05) is 6.07 Å². The molecule has 3 nitrogen and oxygen atoms in total. The van der Waals surface area contributed by atoms with Gasteiger partial charge >= 0.3 is 0 Å². The lowest BCUT2D eigenvalue weighted by Gasteiger charge is -2.30. The molecular weight excluding hydrogens is 351 g/mol. The summed E-state index contributed by atoms with van der Waals surface area (Å²) in [5, 5.41) is 0. The minimum absolute atomic E-state index is 0. The van der Waals surface area contributed by atoms with E-state index in [2.05, 4.69) is 22.6 Å².